The minimum absolute atomic E-state index is 0.323. The van der Waals surface area contributed by atoms with E-state index in [-0.39, 0.29) is 0 Å². The highest BCUT2D eigenvalue weighted by Gasteiger charge is 2.30. The summed E-state index contributed by atoms with van der Waals surface area (Å²) in [5.74, 6) is 0.323. The Kier molecular flexibility index (Phi) is 5.21. The van der Waals surface area contributed by atoms with Gasteiger partial charge in [0.2, 0.25) is 0 Å². The third-order valence-electron chi connectivity index (χ3n) is 4.59. The lowest BCUT2D eigenvalue weighted by Gasteiger charge is -2.33. The van der Waals surface area contributed by atoms with Gasteiger partial charge in [0.25, 0.3) is 10.2 Å². The molecule has 0 amide bonds. The van der Waals surface area contributed by atoms with E-state index in [4.69, 9.17) is 0 Å². The summed E-state index contributed by atoms with van der Waals surface area (Å²) in [6, 6.07) is 6.00. The quantitative estimate of drug-likeness (QED) is 0.879. The van der Waals surface area contributed by atoms with Crippen molar-refractivity contribution in [3.8, 4) is 11.4 Å². The first-order valence-corrected chi connectivity index (χ1v) is 9.91. The second-order valence-electron chi connectivity index (χ2n) is 6.85. The zero-order valence-corrected chi connectivity index (χ0v) is 15.8. The fourth-order valence-corrected chi connectivity index (χ4v) is 4.43. The van der Waals surface area contributed by atoms with Crippen molar-refractivity contribution in [2.24, 2.45) is 5.92 Å². The minimum Gasteiger partial charge on any atom is -0.282 e. The average Bonchev–Trinajstić information content (AvgIpc) is 3.02. The van der Waals surface area contributed by atoms with Crippen LogP contribution in [0.25, 0.3) is 11.4 Å². The Labute approximate surface area is 149 Å². The average molecular weight is 363 g/mol. The van der Waals surface area contributed by atoms with E-state index in [1.165, 1.54) is 4.31 Å². The highest BCUT2D eigenvalue weighted by atomic mass is 32.2. The van der Waals surface area contributed by atoms with Crippen LogP contribution >= 0.6 is 0 Å². The molecule has 136 valence electrons. The van der Waals surface area contributed by atoms with Crippen molar-refractivity contribution in [3.63, 3.8) is 0 Å². The van der Waals surface area contributed by atoms with Crippen LogP contribution in [0.3, 0.4) is 0 Å². The lowest BCUT2D eigenvalue weighted by atomic mass is 9.93. The van der Waals surface area contributed by atoms with E-state index in [0.717, 1.165) is 41.9 Å². The third-order valence-corrected chi connectivity index (χ3v) is 6.49. The second-order valence-corrected chi connectivity index (χ2v) is 8.99. The summed E-state index contributed by atoms with van der Waals surface area (Å²) in [5.41, 5.74) is 3.81. The van der Waals surface area contributed by atoms with Crippen LogP contribution in [0.4, 0.5) is 0 Å². The molecule has 0 aliphatic carbocycles. The number of aromatic amines is 1. The number of pyridine rings is 1. The first-order valence-electron chi connectivity index (χ1n) is 8.51. The predicted octanol–water partition coefficient (Wildman–Crippen LogP) is 1.84. The fourth-order valence-electron chi connectivity index (χ4n) is 3.21. The summed E-state index contributed by atoms with van der Waals surface area (Å²) < 4.78 is 27.5. The van der Waals surface area contributed by atoms with Crippen molar-refractivity contribution in [2.45, 2.75) is 26.2 Å². The van der Waals surface area contributed by atoms with Crippen molar-refractivity contribution in [2.75, 3.05) is 27.2 Å². The summed E-state index contributed by atoms with van der Waals surface area (Å²) in [6.07, 6.45) is 4.65. The van der Waals surface area contributed by atoms with E-state index in [0.29, 0.717) is 19.0 Å². The van der Waals surface area contributed by atoms with Gasteiger partial charge in [0.1, 0.15) is 5.69 Å². The maximum atomic E-state index is 12.3. The van der Waals surface area contributed by atoms with E-state index in [9.17, 15) is 8.42 Å². The molecule has 0 spiro atoms. The normalized spacial score (nSPS) is 19.4. The summed E-state index contributed by atoms with van der Waals surface area (Å²) in [7, 11) is -0.163. The van der Waals surface area contributed by atoms with Gasteiger partial charge in [0.15, 0.2) is 0 Å². The van der Waals surface area contributed by atoms with Gasteiger partial charge in [0.05, 0.1) is 5.69 Å². The first kappa shape index (κ1) is 18.0. The molecule has 0 bridgehead atoms. The number of aryl methyl sites for hydroxylation is 1. The molecule has 1 fully saturated rings. The van der Waals surface area contributed by atoms with E-state index < -0.39 is 10.2 Å². The molecule has 2 aromatic rings. The maximum Gasteiger partial charge on any atom is 0.281 e. The number of hydrogen-bond acceptors (Lipinski definition) is 4. The van der Waals surface area contributed by atoms with E-state index in [2.05, 4.69) is 21.2 Å². The monoisotopic (exact) mass is 363 g/mol. The topological polar surface area (TPSA) is 82.2 Å². The predicted molar refractivity (Wildman–Crippen MR) is 97.2 cm³/mol. The zero-order chi connectivity index (χ0) is 18.0. The zero-order valence-electron chi connectivity index (χ0n) is 14.9. The molecule has 8 heteroatoms. The number of piperidine rings is 1. The Morgan fingerprint density at radius 3 is 2.72 bits per heavy atom. The van der Waals surface area contributed by atoms with Gasteiger partial charge in [-0.2, -0.15) is 22.1 Å². The van der Waals surface area contributed by atoms with Gasteiger partial charge < -0.3 is 0 Å². The van der Waals surface area contributed by atoms with Gasteiger partial charge in [0, 0.05) is 39.1 Å². The third kappa shape index (κ3) is 4.08. The van der Waals surface area contributed by atoms with Crippen LogP contribution in [-0.2, 0) is 16.6 Å². The van der Waals surface area contributed by atoms with Crippen LogP contribution in [-0.4, -0.2) is 59.4 Å². The highest BCUT2D eigenvalue weighted by molar-refractivity contribution is 7.86. The Morgan fingerprint density at radius 2 is 2.12 bits per heavy atom. The second kappa shape index (κ2) is 7.23. The molecule has 1 N–H and O–H groups in total. The SMILES string of the molecule is Cc1cc(-c2ccc(CC3CCCN(S(=O)(=O)N(C)C)C3)cn2)n[nH]1. The van der Waals surface area contributed by atoms with Gasteiger partial charge in [-0.15, -0.1) is 0 Å². The fraction of sp³-hybridized carbons (Fsp3) is 0.529. The standard InChI is InChI=1S/C17H25N5O2S/c1-13-9-17(20-19-13)16-7-6-14(11-18-16)10-15-5-4-8-22(12-15)25(23,24)21(2)3/h6-7,9,11,15H,4-5,8,10,12H2,1-3H3,(H,19,20). The van der Waals surface area contributed by atoms with Gasteiger partial charge in [-0.3, -0.25) is 10.1 Å². The number of nitrogens with zero attached hydrogens (tertiary/aromatic N) is 4. The molecule has 7 nitrogen and oxygen atoms in total. The Morgan fingerprint density at radius 1 is 1.32 bits per heavy atom. The van der Waals surface area contributed by atoms with Crippen molar-refractivity contribution in [1.29, 1.82) is 0 Å². The lowest BCUT2D eigenvalue weighted by molar-refractivity contribution is 0.254. The van der Waals surface area contributed by atoms with Gasteiger partial charge in [-0.1, -0.05) is 6.07 Å². The molecular weight excluding hydrogens is 338 g/mol. The number of rotatable bonds is 5. The molecule has 1 atom stereocenters. The molecule has 0 radical (unpaired) electrons. The molecule has 3 rings (SSSR count). The van der Waals surface area contributed by atoms with Crippen molar-refractivity contribution >= 4 is 10.2 Å². The van der Waals surface area contributed by atoms with Gasteiger partial charge in [-0.25, -0.2) is 0 Å². The smallest absolute Gasteiger partial charge is 0.281 e. The van der Waals surface area contributed by atoms with Crippen LogP contribution < -0.4 is 0 Å². The number of H-pyrrole nitrogens is 1. The summed E-state index contributed by atoms with van der Waals surface area (Å²) in [6.45, 7) is 3.13. The first-order chi connectivity index (χ1) is 11.9. The van der Waals surface area contributed by atoms with E-state index in [1.807, 2.05) is 25.3 Å². The molecule has 1 aliphatic heterocycles. The molecule has 25 heavy (non-hydrogen) atoms. The van der Waals surface area contributed by atoms with Crippen LogP contribution in [0.15, 0.2) is 24.4 Å². The summed E-state index contributed by atoms with van der Waals surface area (Å²) >= 11 is 0. The number of nitrogens with one attached hydrogen (secondary N) is 1. The van der Waals surface area contributed by atoms with Crippen LogP contribution in [0.5, 0.6) is 0 Å². The van der Waals surface area contributed by atoms with Gasteiger partial charge in [-0.05, 0) is 49.8 Å². The molecule has 2 aromatic heterocycles. The lowest BCUT2D eigenvalue weighted by Crippen LogP contribution is -2.45. The molecule has 1 saturated heterocycles. The maximum absolute atomic E-state index is 12.3. The van der Waals surface area contributed by atoms with Gasteiger partial charge >= 0.3 is 0 Å². The minimum atomic E-state index is -3.33. The summed E-state index contributed by atoms with van der Waals surface area (Å²) in [5, 5.41) is 7.14. The van der Waals surface area contributed by atoms with Crippen LogP contribution in [0.1, 0.15) is 24.1 Å². The Balaban J connectivity index is 1.66. The highest BCUT2D eigenvalue weighted by Crippen LogP contribution is 2.24. The number of aromatic nitrogens is 3. The van der Waals surface area contributed by atoms with Crippen molar-refractivity contribution in [1.82, 2.24) is 23.8 Å². The number of hydrogen-bond donors (Lipinski definition) is 1. The molecule has 0 saturated carbocycles. The largest absolute Gasteiger partial charge is 0.282 e. The van der Waals surface area contributed by atoms with Crippen LogP contribution in [0.2, 0.25) is 0 Å². The molecular formula is C17H25N5O2S. The van der Waals surface area contributed by atoms with Crippen LogP contribution in [0, 0.1) is 12.8 Å². The van der Waals surface area contributed by atoms with E-state index in [1.54, 1.807) is 18.4 Å². The Hall–Kier alpha value is -1.77. The molecule has 0 aromatic carbocycles. The molecule has 1 aliphatic rings. The molecule has 3 heterocycles. The molecule has 1 unspecified atom stereocenters. The van der Waals surface area contributed by atoms with Crippen molar-refractivity contribution in [3.05, 3.63) is 35.7 Å². The van der Waals surface area contributed by atoms with E-state index >= 15 is 0 Å². The van der Waals surface area contributed by atoms with Crippen molar-refractivity contribution < 1.29 is 8.42 Å². The Bertz CT molecular complexity index is 814. The summed E-state index contributed by atoms with van der Waals surface area (Å²) in [4.78, 5) is 4.50.